The van der Waals surface area contributed by atoms with E-state index in [9.17, 15) is 22.8 Å². The fraction of sp³-hybridized carbons (Fsp3) is 0.400. The molecule has 1 aliphatic heterocycles. The Labute approximate surface area is 321 Å². The first-order valence-corrected chi connectivity index (χ1v) is 18.6. The molecule has 3 aliphatic rings. The first-order valence-electron chi connectivity index (χ1n) is 18.2. The number of pyridine rings is 2. The number of aromatic nitrogens is 2. The largest absolute Gasteiger partial charge is 0.496 e. The number of rotatable bonds is 14. The molecule has 2 fully saturated rings. The van der Waals surface area contributed by atoms with E-state index in [1.165, 1.54) is 7.11 Å². The Morgan fingerprint density at radius 1 is 0.964 bits per heavy atom. The van der Waals surface area contributed by atoms with Crippen molar-refractivity contribution in [3.63, 3.8) is 0 Å². The Balaban J connectivity index is 1.13. The van der Waals surface area contributed by atoms with Gasteiger partial charge in [-0.1, -0.05) is 41.9 Å². The summed E-state index contributed by atoms with van der Waals surface area (Å²) in [4.78, 5) is 37.2. The Hall–Kier alpha value is -4.92. The van der Waals surface area contributed by atoms with Crippen LogP contribution in [-0.4, -0.2) is 48.7 Å². The van der Waals surface area contributed by atoms with Crippen LogP contribution in [0.2, 0.25) is 5.02 Å². The molecule has 3 N–H and O–H groups in total. The van der Waals surface area contributed by atoms with Crippen LogP contribution in [0.1, 0.15) is 72.4 Å². The average Bonchev–Trinajstić information content (AvgIpc) is 3.95. The van der Waals surface area contributed by atoms with Gasteiger partial charge >= 0.3 is 12.1 Å². The van der Waals surface area contributed by atoms with Gasteiger partial charge in [0.25, 0.3) is 0 Å². The molecule has 3 heterocycles. The summed E-state index contributed by atoms with van der Waals surface area (Å²) in [7, 11) is 2.90. The Morgan fingerprint density at radius 3 is 2.53 bits per heavy atom. The summed E-state index contributed by atoms with van der Waals surface area (Å²) in [5.41, 5.74) is 6.87. The van der Waals surface area contributed by atoms with Crippen molar-refractivity contribution in [2.24, 2.45) is 5.92 Å². The van der Waals surface area contributed by atoms with Crippen LogP contribution in [-0.2, 0) is 40.1 Å². The van der Waals surface area contributed by atoms with Gasteiger partial charge in [-0.05, 0) is 73.4 Å². The van der Waals surface area contributed by atoms with Crippen LogP contribution >= 0.6 is 11.6 Å². The molecule has 15 heteroatoms. The molecular weight excluding hydrogens is 739 g/mol. The third-order valence-corrected chi connectivity index (χ3v) is 10.5. The van der Waals surface area contributed by atoms with Gasteiger partial charge in [-0.15, -0.1) is 5.48 Å². The molecule has 1 amide bonds. The highest BCUT2D eigenvalue weighted by Crippen LogP contribution is 2.45. The summed E-state index contributed by atoms with van der Waals surface area (Å²) in [6.07, 6.45) is 0.732. The van der Waals surface area contributed by atoms with E-state index in [-0.39, 0.29) is 35.9 Å². The van der Waals surface area contributed by atoms with E-state index < -0.39 is 29.7 Å². The second-order valence-corrected chi connectivity index (χ2v) is 14.3. The van der Waals surface area contributed by atoms with E-state index in [4.69, 9.17) is 30.6 Å². The van der Waals surface area contributed by atoms with E-state index in [0.717, 1.165) is 58.7 Å². The number of amides is 1. The van der Waals surface area contributed by atoms with Gasteiger partial charge in [0.1, 0.15) is 17.4 Å². The number of fused-ring (bicyclic) bond motifs is 1. The maximum absolute atomic E-state index is 14.5. The predicted octanol–water partition coefficient (Wildman–Crippen LogP) is 7.28. The lowest BCUT2D eigenvalue weighted by molar-refractivity contribution is -0.153. The summed E-state index contributed by atoms with van der Waals surface area (Å²) >= 11 is 7.12. The zero-order chi connectivity index (χ0) is 38.7. The van der Waals surface area contributed by atoms with Crippen LogP contribution < -0.4 is 30.3 Å². The Kier molecular flexibility index (Phi) is 11.5. The number of carbonyl (C=O) groups is 2. The van der Waals surface area contributed by atoms with Crippen molar-refractivity contribution in [3.8, 4) is 39.9 Å². The summed E-state index contributed by atoms with van der Waals surface area (Å²) in [6.45, 7) is 0.957. The summed E-state index contributed by atoms with van der Waals surface area (Å²) in [6, 6.07) is 14.2. The molecule has 55 heavy (non-hydrogen) atoms. The summed E-state index contributed by atoms with van der Waals surface area (Å²) in [5.74, 6) is -0.587. The number of hydrogen-bond donors (Lipinski definition) is 3. The molecule has 0 bridgehead atoms. The molecule has 2 atom stereocenters. The molecule has 0 spiro atoms. The monoisotopic (exact) mass is 779 g/mol. The van der Waals surface area contributed by atoms with Crippen molar-refractivity contribution in [2.45, 2.75) is 76.4 Å². The van der Waals surface area contributed by atoms with E-state index in [1.807, 2.05) is 42.5 Å². The molecule has 2 aromatic heterocycles. The predicted molar refractivity (Wildman–Crippen MR) is 197 cm³/mol. The number of alkyl halides is 3. The lowest BCUT2D eigenvalue weighted by Crippen LogP contribution is -2.35. The molecular formula is C40H41ClF3N5O6. The molecule has 290 valence electrons. The van der Waals surface area contributed by atoms with Gasteiger partial charge in [-0.2, -0.15) is 18.2 Å². The third kappa shape index (κ3) is 8.66. The maximum atomic E-state index is 14.5. The highest BCUT2D eigenvalue weighted by atomic mass is 35.5. The minimum Gasteiger partial charge on any atom is -0.496 e. The zero-order valence-electron chi connectivity index (χ0n) is 30.4. The van der Waals surface area contributed by atoms with Crippen molar-refractivity contribution in [3.05, 3.63) is 87.6 Å². The molecule has 2 aromatic carbocycles. The fourth-order valence-corrected chi connectivity index (χ4v) is 7.45. The van der Waals surface area contributed by atoms with Crippen molar-refractivity contribution in [2.75, 3.05) is 20.8 Å². The number of halogens is 4. The lowest BCUT2D eigenvalue weighted by Gasteiger charge is -2.29. The van der Waals surface area contributed by atoms with Gasteiger partial charge in [0.15, 0.2) is 0 Å². The van der Waals surface area contributed by atoms with Crippen molar-refractivity contribution in [1.29, 1.82) is 0 Å². The Morgan fingerprint density at radius 2 is 1.80 bits per heavy atom. The summed E-state index contributed by atoms with van der Waals surface area (Å²) in [5, 5.41) is 6.77. The van der Waals surface area contributed by atoms with Gasteiger partial charge in [0.2, 0.25) is 17.7 Å². The number of hydroxylamine groups is 1. The van der Waals surface area contributed by atoms with Crippen LogP contribution in [0.3, 0.4) is 0 Å². The second kappa shape index (κ2) is 16.4. The first-order chi connectivity index (χ1) is 26.5. The molecule has 4 aromatic rings. The van der Waals surface area contributed by atoms with Crippen molar-refractivity contribution >= 4 is 23.5 Å². The molecule has 2 aliphatic carbocycles. The zero-order valence-corrected chi connectivity index (χ0v) is 31.1. The SMILES string of the molecule is COc1cc(-c2nccc(-c3cccc4c3CCC[C@H]4Oc3nc(OC)c(CNOC(=O)C4CC4)cc3C(F)(F)F)c2Cl)ccc1CNC[C@@H]1CCC(=O)N1. The van der Waals surface area contributed by atoms with Crippen LogP contribution in [0.5, 0.6) is 17.5 Å². The van der Waals surface area contributed by atoms with Gasteiger partial charge < -0.3 is 29.7 Å². The number of ether oxygens (including phenoxy) is 3. The number of benzene rings is 2. The molecule has 7 rings (SSSR count). The number of nitrogens with one attached hydrogen (secondary N) is 3. The third-order valence-electron chi connectivity index (χ3n) is 10.1. The van der Waals surface area contributed by atoms with E-state index >= 15 is 0 Å². The van der Waals surface area contributed by atoms with Crippen molar-refractivity contribution < 1.29 is 41.8 Å². The maximum Gasteiger partial charge on any atom is 0.421 e. The molecule has 0 radical (unpaired) electrons. The molecule has 1 saturated heterocycles. The molecule has 0 unspecified atom stereocenters. The highest BCUT2D eigenvalue weighted by molar-refractivity contribution is 6.35. The standard InChI is InChI=1S/C40H41ClF3N5O6/c1-52-33-18-23(11-12-24(33)19-45-21-26-13-14-34(50)48-26)36-35(41)30(15-16-46-36)28-5-3-7-29-27(28)6-4-8-32(29)54-38-31(40(42,43)44)17-25(37(49-38)53-2)20-47-55-39(51)22-9-10-22/h3,5,7,11-12,15-18,22,26,32,45,47H,4,6,8-10,13-14,19-21H2,1-2H3,(H,48,50)/t26-,32+/m0/s1. The van der Waals surface area contributed by atoms with E-state index in [2.05, 4.69) is 26.1 Å². The number of hydrogen-bond acceptors (Lipinski definition) is 10. The second-order valence-electron chi connectivity index (χ2n) is 13.9. The van der Waals surface area contributed by atoms with Gasteiger partial charge in [-0.3, -0.25) is 14.6 Å². The average molecular weight is 780 g/mol. The van der Waals surface area contributed by atoms with Gasteiger partial charge in [0.05, 0.1) is 37.4 Å². The van der Waals surface area contributed by atoms with Crippen LogP contribution in [0.25, 0.3) is 22.4 Å². The molecule has 11 nitrogen and oxygen atoms in total. The lowest BCUT2D eigenvalue weighted by atomic mass is 9.84. The van der Waals surface area contributed by atoms with Crippen LogP contribution in [0.4, 0.5) is 13.2 Å². The van der Waals surface area contributed by atoms with E-state index in [0.29, 0.717) is 55.2 Å². The smallest absolute Gasteiger partial charge is 0.421 e. The van der Waals surface area contributed by atoms with Crippen LogP contribution in [0.15, 0.2) is 54.7 Å². The highest BCUT2D eigenvalue weighted by Gasteiger charge is 2.39. The minimum atomic E-state index is -4.79. The normalized spacial score (nSPS) is 18.0. The number of carbonyl (C=O) groups excluding carboxylic acids is 2. The fourth-order valence-electron chi connectivity index (χ4n) is 7.12. The Bertz CT molecular complexity index is 2080. The molecule has 1 saturated carbocycles. The quantitative estimate of drug-likeness (QED) is 0.112. The van der Waals surface area contributed by atoms with E-state index in [1.54, 1.807) is 13.3 Å². The number of methoxy groups -OCH3 is 2. The minimum absolute atomic E-state index is 0.0553. The first kappa shape index (κ1) is 38.4. The van der Waals surface area contributed by atoms with Crippen LogP contribution in [0, 0.1) is 5.92 Å². The topological polar surface area (TPSA) is 133 Å². The van der Waals surface area contributed by atoms with Crippen molar-refractivity contribution in [1.82, 2.24) is 26.1 Å². The number of nitrogens with zero attached hydrogens (tertiary/aromatic N) is 2. The van der Waals surface area contributed by atoms with Gasteiger partial charge in [-0.25, -0.2) is 0 Å². The van der Waals surface area contributed by atoms with Gasteiger partial charge in [0, 0.05) is 54.0 Å². The summed E-state index contributed by atoms with van der Waals surface area (Å²) < 4.78 is 60.6.